The maximum absolute atomic E-state index is 6.01. The number of ether oxygens (including phenoxy) is 2. The minimum atomic E-state index is 0.0741. The van der Waals surface area contributed by atoms with Gasteiger partial charge >= 0.3 is 0 Å². The molecule has 17 heavy (non-hydrogen) atoms. The summed E-state index contributed by atoms with van der Waals surface area (Å²) in [5, 5.41) is 3.17. The van der Waals surface area contributed by atoms with Gasteiger partial charge in [-0.2, -0.15) is 0 Å². The zero-order valence-corrected chi connectivity index (χ0v) is 11.2. The van der Waals surface area contributed by atoms with Crippen LogP contribution in [0.5, 0.6) is 5.75 Å². The molecule has 0 heterocycles. The molecule has 1 aromatic rings. The minimum absolute atomic E-state index is 0.0741. The van der Waals surface area contributed by atoms with Gasteiger partial charge < -0.3 is 14.8 Å². The van der Waals surface area contributed by atoms with Gasteiger partial charge in [-0.15, -0.1) is 0 Å². The largest absolute Gasteiger partial charge is 0.497 e. The third kappa shape index (κ3) is 4.36. The fourth-order valence-corrected chi connectivity index (χ4v) is 1.65. The first-order chi connectivity index (χ1) is 8.21. The highest BCUT2D eigenvalue weighted by molar-refractivity contribution is 5.30. The molecule has 0 radical (unpaired) electrons. The molecule has 1 aromatic carbocycles. The van der Waals surface area contributed by atoms with Crippen molar-refractivity contribution in [3.8, 4) is 5.75 Å². The molecule has 0 fully saturated rings. The summed E-state index contributed by atoms with van der Waals surface area (Å²) >= 11 is 0. The van der Waals surface area contributed by atoms with Gasteiger partial charge in [-0.1, -0.05) is 19.1 Å². The Labute approximate surface area is 104 Å². The van der Waals surface area contributed by atoms with Crippen molar-refractivity contribution < 1.29 is 9.47 Å². The Hall–Kier alpha value is -1.06. The van der Waals surface area contributed by atoms with Crippen molar-refractivity contribution in [1.82, 2.24) is 5.32 Å². The van der Waals surface area contributed by atoms with Crippen molar-refractivity contribution in [2.75, 3.05) is 20.7 Å². The molecular weight excluding hydrogens is 214 g/mol. The third-order valence-corrected chi connectivity index (χ3v) is 2.83. The van der Waals surface area contributed by atoms with E-state index < -0.39 is 0 Å². The van der Waals surface area contributed by atoms with E-state index in [1.54, 1.807) is 7.11 Å². The standard InChI is InChI=1S/C14H23NO2/c1-5-11(2)17-14(10-15-3)12-7-6-8-13(9-12)16-4/h6-9,11,14-15H,5,10H2,1-4H3. The summed E-state index contributed by atoms with van der Waals surface area (Å²) in [5.74, 6) is 0.872. The topological polar surface area (TPSA) is 30.5 Å². The second-order valence-electron chi connectivity index (χ2n) is 4.18. The van der Waals surface area contributed by atoms with E-state index in [1.807, 2.05) is 25.2 Å². The van der Waals surface area contributed by atoms with Crippen molar-refractivity contribution >= 4 is 0 Å². The molecule has 0 bridgehead atoms. The molecule has 0 aromatic heterocycles. The predicted molar refractivity (Wildman–Crippen MR) is 70.5 cm³/mol. The number of hydrogen-bond donors (Lipinski definition) is 1. The molecule has 2 unspecified atom stereocenters. The van der Waals surface area contributed by atoms with Crippen LogP contribution < -0.4 is 10.1 Å². The lowest BCUT2D eigenvalue weighted by Crippen LogP contribution is -2.23. The molecule has 0 aliphatic carbocycles. The van der Waals surface area contributed by atoms with E-state index in [9.17, 15) is 0 Å². The Morgan fingerprint density at radius 2 is 2.12 bits per heavy atom. The number of benzene rings is 1. The van der Waals surface area contributed by atoms with Crippen LogP contribution in [0.3, 0.4) is 0 Å². The highest BCUT2D eigenvalue weighted by atomic mass is 16.5. The SMILES string of the molecule is CCC(C)OC(CNC)c1cccc(OC)c1. The summed E-state index contributed by atoms with van der Waals surface area (Å²) < 4.78 is 11.2. The average Bonchev–Trinajstić information content (AvgIpc) is 2.38. The normalized spacial score (nSPS) is 14.4. The van der Waals surface area contributed by atoms with Crippen molar-refractivity contribution in [3.05, 3.63) is 29.8 Å². The van der Waals surface area contributed by atoms with Gasteiger partial charge in [-0.3, -0.25) is 0 Å². The predicted octanol–water partition coefficient (Wildman–Crippen LogP) is 2.77. The molecule has 3 nitrogen and oxygen atoms in total. The van der Waals surface area contributed by atoms with Crippen molar-refractivity contribution in [1.29, 1.82) is 0 Å². The maximum Gasteiger partial charge on any atom is 0.119 e. The summed E-state index contributed by atoms with van der Waals surface area (Å²) in [5.41, 5.74) is 1.15. The molecule has 0 aliphatic heterocycles. The summed E-state index contributed by atoms with van der Waals surface area (Å²) in [6.45, 7) is 5.03. The van der Waals surface area contributed by atoms with Gasteiger partial charge in [0.2, 0.25) is 0 Å². The molecular formula is C14H23NO2. The molecule has 0 amide bonds. The van der Waals surface area contributed by atoms with E-state index in [0.717, 1.165) is 24.3 Å². The molecule has 0 saturated carbocycles. The van der Waals surface area contributed by atoms with Crippen LogP contribution in [0.15, 0.2) is 24.3 Å². The molecule has 0 aliphatic rings. The summed E-state index contributed by atoms with van der Waals surface area (Å²) in [7, 11) is 3.62. The third-order valence-electron chi connectivity index (χ3n) is 2.83. The second-order valence-corrected chi connectivity index (χ2v) is 4.18. The minimum Gasteiger partial charge on any atom is -0.497 e. The smallest absolute Gasteiger partial charge is 0.119 e. The van der Waals surface area contributed by atoms with Gasteiger partial charge in [0, 0.05) is 6.54 Å². The lowest BCUT2D eigenvalue weighted by atomic mass is 10.1. The molecule has 0 saturated heterocycles. The monoisotopic (exact) mass is 237 g/mol. The Kier molecular flexibility index (Phi) is 6.01. The van der Waals surface area contributed by atoms with E-state index in [2.05, 4.69) is 25.2 Å². The van der Waals surface area contributed by atoms with Gasteiger partial charge in [0.25, 0.3) is 0 Å². The molecule has 3 heteroatoms. The number of rotatable bonds is 7. The Morgan fingerprint density at radius 1 is 1.35 bits per heavy atom. The Balaban J connectivity index is 2.80. The van der Waals surface area contributed by atoms with E-state index in [4.69, 9.17) is 9.47 Å². The fourth-order valence-electron chi connectivity index (χ4n) is 1.65. The lowest BCUT2D eigenvalue weighted by molar-refractivity contribution is -0.00367. The Bertz CT molecular complexity index is 328. The van der Waals surface area contributed by atoms with E-state index >= 15 is 0 Å². The average molecular weight is 237 g/mol. The van der Waals surface area contributed by atoms with Crippen LogP contribution in [0.4, 0.5) is 0 Å². The van der Waals surface area contributed by atoms with Crippen LogP contribution in [-0.4, -0.2) is 26.8 Å². The van der Waals surface area contributed by atoms with Crippen LogP contribution >= 0.6 is 0 Å². The van der Waals surface area contributed by atoms with Gasteiger partial charge in [0.15, 0.2) is 0 Å². The number of nitrogens with one attached hydrogen (secondary N) is 1. The van der Waals surface area contributed by atoms with Gasteiger partial charge in [0.1, 0.15) is 5.75 Å². The Morgan fingerprint density at radius 3 is 2.71 bits per heavy atom. The van der Waals surface area contributed by atoms with Gasteiger partial charge in [0.05, 0.1) is 19.3 Å². The van der Waals surface area contributed by atoms with Gasteiger partial charge in [-0.05, 0) is 38.1 Å². The number of hydrogen-bond acceptors (Lipinski definition) is 3. The summed E-state index contributed by atoms with van der Waals surface area (Å²) in [6.07, 6.45) is 1.36. The van der Waals surface area contributed by atoms with Crippen LogP contribution in [-0.2, 0) is 4.74 Å². The highest BCUT2D eigenvalue weighted by Gasteiger charge is 2.14. The first-order valence-electron chi connectivity index (χ1n) is 6.15. The molecule has 1 rings (SSSR count). The van der Waals surface area contributed by atoms with Crippen LogP contribution in [0.1, 0.15) is 31.9 Å². The van der Waals surface area contributed by atoms with Crippen LogP contribution in [0.2, 0.25) is 0 Å². The van der Waals surface area contributed by atoms with E-state index in [0.29, 0.717) is 0 Å². The van der Waals surface area contributed by atoms with Crippen molar-refractivity contribution in [2.24, 2.45) is 0 Å². The molecule has 0 spiro atoms. The zero-order chi connectivity index (χ0) is 12.7. The van der Waals surface area contributed by atoms with E-state index in [-0.39, 0.29) is 12.2 Å². The summed E-state index contributed by atoms with van der Waals surface area (Å²) in [6, 6.07) is 8.05. The van der Waals surface area contributed by atoms with Crippen molar-refractivity contribution in [3.63, 3.8) is 0 Å². The van der Waals surface area contributed by atoms with Crippen molar-refractivity contribution in [2.45, 2.75) is 32.5 Å². The highest BCUT2D eigenvalue weighted by Crippen LogP contribution is 2.23. The number of likely N-dealkylation sites (N-methyl/N-ethyl adjacent to an activating group) is 1. The maximum atomic E-state index is 6.01. The van der Waals surface area contributed by atoms with E-state index in [1.165, 1.54) is 0 Å². The first-order valence-corrected chi connectivity index (χ1v) is 6.15. The zero-order valence-electron chi connectivity index (χ0n) is 11.2. The quantitative estimate of drug-likeness (QED) is 0.791. The molecule has 1 N–H and O–H groups in total. The van der Waals surface area contributed by atoms with Crippen LogP contribution in [0.25, 0.3) is 0 Å². The van der Waals surface area contributed by atoms with Crippen LogP contribution in [0, 0.1) is 0 Å². The molecule has 96 valence electrons. The summed E-state index contributed by atoms with van der Waals surface area (Å²) in [4.78, 5) is 0. The first kappa shape index (κ1) is 14.0. The molecule has 2 atom stereocenters. The number of methoxy groups -OCH3 is 1. The second kappa shape index (κ2) is 7.30. The lowest BCUT2D eigenvalue weighted by Gasteiger charge is -2.22. The fraction of sp³-hybridized carbons (Fsp3) is 0.571. The van der Waals surface area contributed by atoms with Gasteiger partial charge in [-0.25, -0.2) is 0 Å².